The van der Waals surface area contributed by atoms with E-state index in [-0.39, 0.29) is 0 Å². The Labute approximate surface area is 82.3 Å². The third-order valence-electron chi connectivity index (χ3n) is 2.38. The molecule has 13 heavy (non-hydrogen) atoms. The number of hydrogen-bond acceptors (Lipinski definition) is 3. The molecule has 1 atom stereocenters. The summed E-state index contributed by atoms with van der Waals surface area (Å²) in [4.78, 5) is 4.26. The van der Waals surface area contributed by atoms with Crippen molar-refractivity contribution in [1.29, 1.82) is 0 Å². The van der Waals surface area contributed by atoms with Gasteiger partial charge in [0, 0.05) is 18.2 Å². The van der Waals surface area contributed by atoms with E-state index in [1.807, 2.05) is 12.1 Å². The smallest absolute Gasteiger partial charge is 0.152 e. The topological polar surface area (TPSA) is 50.9 Å². The number of nitrogens with one attached hydrogen (secondary N) is 1. The van der Waals surface area contributed by atoms with Crippen molar-refractivity contribution in [3.8, 4) is 0 Å². The van der Waals surface area contributed by atoms with E-state index in [0.717, 1.165) is 25.2 Å². The standard InChI is InChI=1S/C9H12ClN3/c10-9-7(11)1-2-8(13-9)6-3-4-12-5-6/h1-2,6,12H,3-5,11H2. The van der Waals surface area contributed by atoms with Gasteiger partial charge in [0.1, 0.15) is 0 Å². The van der Waals surface area contributed by atoms with E-state index >= 15 is 0 Å². The lowest BCUT2D eigenvalue weighted by molar-refractivity contribution is 0.735. The summed E-state index contributed by atoms with van der Waals surface area (Å²) in [6.07, 6.45) is 1.13. The summed E-state index contributed by atoms with van der Waals surface area (Å²) < 4.78 is 0. The second kappa shape index (κ2) is 3.52. The normalized spacial score (nSPS) is 22.1. The van der Waals surface area contributed by atoms with Crippen LogP contribution >= 0.6 is 11.6 Å². The molecule has 0 saturated carbocycles. The highest BCUT2D eigenvalue weighted by atomic mass is 35.5. The van der Waals surface area contributed by atoms with Gasteiger partial charge in [0.2, 0.25) is 0 Å². The molecule has 0 bridgehead atoms. The number of nitrogen functional groups attached to an aromatic ring is 1. The molecular formula is C9H12ClN3. The second-order valence-corrected chi connectivity index (χ2v) is 3.66. The van der Waals surface area contributed by atoms with Crippen LogP contribution in [0.5, 0.6) is 0 Å². The highest BCUT2D eigenvalue weighted by Crippen LogP contribution is 2.24. The van der Waals surface area contributed by atoms with Gasteiger partial charge in [-0.15, -0.1) is 0 Å². The van der Waals surface area contributed by atoms with Crippen LogP contribution in [0.4, 0.5) is 5.69 Å². The van der Waals surface area contributed by atoms with Gasteiger partial charge in [-0.05, 0) is 25.1 Å². The van der Waals surface area contributed by atoms with Crippen molar-refractivity contribution in [2.24, 2.45) is 0 Å². The summed E-state index contributed by atoms with van der Waals surface area (Å²) in [6.45, 7) is 2.06. The van der Waals surface area contributed by atoms with Crippen LogP contribution in [0.1, 0.15) is 18.0 Å². The van der Waals surface area contributed by atoms with Crippen LogP contribution < -0.4 is 11.1 Å². The molecule has 1 saturated heterocycles. The average Bonchev–Trinajstić information content (AvgIpc) is 2.62. The number of nitrogens with two attached hydrogens (primary N) is 1. The molecule has 0 amide bonds. The lowest BCUT2D eigenvalue weighted by Crippen LogP contribution is -2.09. The molecule has 0 spiro atoms. The first-order chi connectivity index (χ1) is 6.27. The lowest BCUT2D eigenvalue weighted by Gasteiger charge is -2.08. The fourth-order valence-corrected chi connectivity index (χ4v) is 1.75. The second-order valence-electron chi connectivity index (χ2n) is 3.31. The third kappa shape index (κ3) is 1.76. The van der Waals surface area contributed by atoms with Crippen LogP contribution in [-0.2, 0) is 0 Å². The van der Waals surface area contributed by atoms with Gasteiger partial charge in [0.25, 0.3) is 0 Å². The fourth-order valence-electron chi connectivity index (χ4n) is 1.59. The highest BCUT2D eigenvalue weighted by Gasteiger charge is 2.18. The van der Waals surface area contributed by atoms with Crippen LogP contribution in [-0.4, -0.2) is 18.1 Å². The minimum Gasteiger partial charge on any atom is -0.396 e. The van der Waals surface area contributed by atoms with Gasteiger partial charge in [-0.2, -0.15) is 0 Å². The van der Waals surface area contributed by atoms with Crippen molar-refractivity contribution in [2.75, 3.05) is 18.8 Å². The first-order valence-corrected chi connectivity index (χ1v) is 4.78. The monoisotopic (exact) mass is 197 g/mol. The van der Waals surface area contributed by atoms with Gasteiger partial charge in [-0.1, -0.05) is 11.6 Å². The van der Waals surface area contributed by atoms with Gasteiger partial charge in [0.05, 0.1) is 5.69 Å². The van der Waals surface area contributed by atoms with Gasteiger partial charge in [0.15, 0.2) is 5.15 Å². The summed E-state index contributed by atoms with van der Waals surface area (Å²) >= 11 is 5.84. The predicted molar refractivity (Wildman–Crippen MR) is 53.9 cm³/mol. The predicted octanol–water partition coefficient (Wildman–Crippen LogP) is 1.39. The largest absolute Gasteiger partial charge is 0.396 e. The molecule has 70 valence electrons. The molecule has 1 aliphatic heterocycles. The van der Waals surface area contributed by atoms with E-state index in [4.69, 9.17) is 17.3 Å². The van der Waals surface area contributed by atoms with Crippen molar-refractivity contribution >= 4 is 17.3 Å². The van der Waals surface area contributed by atoms with Crippen molar-refractivity contribution in [2.45, 2.75) is 12.3 Å². The zero-order chi connectivity index (χ0) is 9.26. The summed E-state index contributed by atoms with van der Waals surface area (Å²) in [6, 6.07) is 3.78. The van der Waals surface area contributed by atoms with Crippen molar-refractivity contribution in [3.63, 3.8) is 0 Å². The Balaban J connectivity index is 2.25. The maximum Gasteiger partial charge on any atom is 0.152 e. The molecule has 4 heteroatoms. The first-order valence-electron chi connectivity index (χ1n) is 4.40. The molecule has 1 aromatic heterocycles. The van der Waals surface area contributed by atoms with E-state index in [1.54, 1.807) is 0 Å². The molecule has 1 unspecified atom stereocenters. The van der Waals surface area contributed by atoms with Gasteiger partial charge in [-0.3, -0.25) is 0 Å². The maximum atomic E-state index is 5.84. The van der Waals surface area contributed by atoms with E-state index in [1.165, 1.54) is 0 Å². The van der Waals surface area contributed by atoms with Crippen LogP contribution in [0.15, 0.2) is 12.1 Å². The van der Waals surface area contributed by atoms with E-state index in [0.29, 0.717) is 16.8 Å². The zero-order valence-corrected chi connectivity index (χ0v) is 8.01. The van der Waals surface area contributed by atoms with Gasteiger partial charge in [-0.25, -0.2) is 4.98 Å². The van der Waals surface area contributed by atoms with Crippen LogP contribution in [0.25, 0.3) is 0 Å². The third-order valence-corrected chi connectivity index (χ3v) is 2.68. The molecule has 1 aliphatic rings. The van der Waals surface area contributed by atoms with Crippen molar-refractivity contribution in [3.05, 3.63) is 23.0 Å². The minimum atomic E-state index is 0.421. The number of halogens is 1. The number of aromatic nitrogens is 1. The molecule has 3 N–H and O–H groups in total. The first kappa shape index (κ1) is 8.78. The molecule has 0 aromatic carbocycles. The molecule has 3 nitrogen and oxygen atoms in total. The Morgan fingerprint density at radius 1 is 1.54 bits per heavy atom. The molecule has 0 aliphatic carbocycles. The number of pyridine rings is 1. The Kier molecular flexibility index (Phi) is 2.38. The summed E-state index contributed by atoms with van der Waals surface area (Å²) in [5, 5.41) is 3.71. The Morgan fingerprint density at radius 2 is 2.38 bits per heavy atom. The minimum absolute atomic E-state index is 0.421. The molecule has 2 rings (SSSR count). The van der Waals surface area contributed by atoms with E-state index < -0.39 is 0 Å². The molecule has 1 fully saturated rings. The van der Waals surface area contributed by atoms with E-state index in [2.05, 4.69) is 10.3 Å². The van der Waals surface area contributed by atoms with Crippen LogP contribution in [0.2, 0.25) is 5.15 Å². The summed E-state index contributed by atoms with van der Waals surface area (Å²) in [7, 11) is 0. The highest BCUT2D eigenvalue weighted by molar-refractivity contribution is 6.31. The summed E-state index contributed by atoms with van der Waals surface area (Å²) in [5.41, 5.74) is 7.18. The maximum absolute atomic E-state index is 5.84. The van der Waals surface area contributed by atoms with Crippen molar-refractivity contribution in [1.82, 2.24) is 10.3 Å². The quantitative estimate of drug-likeness (QED) is 0.670. The Bertz CT molecular complexity index is 308. The molecule has 2 heterocycles. The molecular weight excluding hydrogens is 186 g/mol. The molecule has 1 aromatic rings. The van der Waals surface area contributed by atoms with Crippen molar-refractivity contribution < 1.29 is 0 Å². The number of nitrogens with zero attached hydrogens (tertiary/aromatic N) is 1. The number of hydrogen-bond donors (Lipinski definition) is 2. The number of anilines is 1. The number of rotatable bonds is 1. The lowest BCUT2D eigenvalue weighted by atomic mass is 10.0. The fraction of sp³-hybridized carbons (Fsp3) is 0.444. The SMILES string of the molecule is Nc1ccc(C2CCNC2)nc1Cl. The zero-order valence-electron chi connectivity index (χ0n) is 7.26. The van der Waals surface area contributed by atoms with Crippen LogP contribution in [0.3, 0.4) is 0 Å². The average molecular weight is 198 g/mol. The van der Waals surface area contributed by atoms with Gasteiger partial charge >= 0.3 is 0 Å². The Hall–Kier alpha value is -0.800. The summed E-state index contributed by atoms with van der Waals surface area (Å²) in [5.74, 6) is 0.498. The Morgan fingerprint density at radius 3 is 3.00 bits per heavy atom. The van der Waals surface area contributed by atoms with Gasteiger partial charge < -0.3 is 11.1 Å². The molecule has 0 radical (unpaired) electrons. The van der Waals surface area contributed by atoms with E-state index in [9.17, 15) is 0 Å². The van der Waals surface area contributed by atoms with Crippen LogP contribution in [0, 0.1) is 0 Å².